The van der Waals surface area contributed by atoms with Gasteiger partial charge >= 0.3 is 11.9 Å². The number of rotatable bonds is 3. The van der Waals surface area contributed by atoms with Crippen molar-refractivity contribution in [3.8, 4) is 0 Å². The van der Waals surface area contributed by atoms with Crippen LogP contribution >= 0.6 is 0 Å². The second-order valence-corrected chi connectivity index (χ2v) is 8.32. The van der Waals surface area contributed by atoms with Gasteiger partial charge in [-0.05, 0) is 26.7 Å². The van der Waals surface area contributed by atoms with Crippen molar-refractivity contribution in [1.82, 2.24) is 18.7 Å². The Morgan fingerprint density at radius 1 is 1.22 bits per heavy atom. The largest absolute Gasteiger partial charge is 0.451 e. The molecule has 1 aliphatic heterocycles. The summed E-state index contributed by atoms with van der Waals surface area (Å²) >= 11 is 0. The predicted molar refractivity (Wildman–Crippen MR) is 76.4 cm³/mol. The molecule has 0 amide bonds. The molecule has 2 heterocycles. The van der Waals surface area contributed by atoms with Crippen LogP contribution in [0, 0.1) is 0 Å². The molecule has 1 saturated heterocycles. The highest BCUT2D eigenvalue weighted by Crippen LogP contribution is 2.28. The Labute approximate surface area is 131 Å². The molecule has 7 nitrogen and oxygen atoms in total. The van der Waals surface area contributed by atoms with E-state index < -0.39 is 39.0 Å². The third-order valence-electron chi connectivity index (χ3n) is 3.98. The maximum absolute atomic E-state index is 12.8. The van der Waals surface area contributed by atoms with Gasteiger partial charge in [0.2, 0.25) is 15.8 Å². The number of sulfonamides is 1. The molecule has 0 spiro atoms. The Kier molecular flexibility index (Phi) is 4.64. The zero-order chi connectivity index (χ0) is 17.6. The molecule has 1 aromatic rings. The average Bonchev–Trinajstić information content (AvgIpc) is 2.75. The van der Waals surface area contributed by atoms with Crippen LogP contribution in [0.1, 0.15) is 38.6 Å². The molecule has 1 aromatic heterocycles. The van der Waals surface area contributed by atoms with Crippen LogP contribution in [0.3, 0.4) is 0 Å². The fraction of sp³-hybridized carbons (Fsp3) is 0.833. The minimum Gasteiger partial charge on any atom is -0.274 e. The normalized spacial score (nSPS) is 18.7. The van der Waals surface area contributed by atoms with E-state index in [-0.39, 0.29) is 25.9 Å². The SMILES string of the molecule is CC(C)S(=O)(=O)N1CCC(n2nc(C(F)(F)F)n(C)c2=O)CC1. The first-order valence-corrected chi connectivity index (χ1v) is 8.68. The smallest absolute Gasteiger partial charge is 0.274 e. The predicted octanol–water partition coefficient (Wildman–Crippen LogP) is 0.976. The number of nitrogens with zero attached hydrogens (tertiary/aromatic N) is 4. The lowest BCUT2D eigenvalue weighted by molar-refractivity contribution is -0.147. The first-order chi connectivity index (χ1) is 10.5. The second kappa shape index (κ2) is 5.93. The van der Waals surface area contributed by atoms with Crippen molar-refractivity contribution in [2.24, 2.45) is 7.05 Å². The zero-order valence-corrected chi connectivity index (χ0v) is 13.9. The summed E-state index contributed by atoms with van der Waals surface area (Å²) in [7, 11) is -2.38. The van der Waals surface area contributed by atoms with Crippen molar-refractivity contribution < 1.29 is 21.6 Å². The topological polar surface area (TPSA) is 77.2 Å². The van der Waals surface area contributed by atoms with Gasteiger partial charge in [0.05, 0.1) is 11.3 Å². The minimum absolute atomic E-state index is 0.162. The highest BCUT2D eigenvalue weighted by molar-refractivity contribution is 7.89. The number of aromatic nitrogens is 3. The van der Waals surface area contributed by atoms with Gasteiger partial charge in [-0.2, -0.15) is 13.2 Å². The second-order valence-electron chi connectivity index (χ2n) is 5.83. The molecule has 23 heavy (non-hydrogen) atoms. The molecule has 1 aliphatic rings. The molecule has 0 unspecified atom stereocenters. The van der Waals surface area contributed by atoms with E-state index in [0.29, 0.717) is 4.57 Å². The highest BCUT2D eigenvalue weighted by atomic mass is 32.2. The molecule has 11 heteroatoms. The maximum atomic E-state index is 12.8. The van der Waals surface area contributed by atoms with Gasteiger partial charge in [0, 0.05) is 20.1 Å². The number of halogens is 3. The summed E-state index contributed by atoms with van der Waals surface area (Å²) < 4.78 is 65.1. The summed E-state index contributed by atoms with van der Waals surface area (Å²) in [5, 5.41) is 2.84. The number of alkyl halides is 3. The van der Waals surface area contributed by atoms with E-state index in [4.69, 9.17) is 0 Å². The summed E-state index contributed by atoms with van der Waals surface area (Å²) in [6.07, 6.45) is -4.21. The fourth-order valence-electron chi connectivity index (χ4n) is 2.58. The van der Waals surface area contributed by atoms with Gasteiger partial charge in [-0.25, -0.2) is 22.2 Å². The van der Waals surface area contributed by atoms with Crippen molar-refractivity contribution in [2.45, 2.75) is 44.2 Å². The Balaban J connectivity index is 2.20. The van der Waals surface area contributed by atoms with E-state index in [9.17, 15) is 26.4 Å². The quantitative estimate of drug-likeness (QED) is 0.809. The van der Waals surface area contributed by atoms with Gasteiger partial charge in [0.1, 0.15) is 0 Å². The van der Waals surface area contributed by atoms with Crippen molar-refractivity contribution in [1.29, 1.82) is 0 Å². The van der Waals surface area contributed by atoms with Gasteiger partial charge in [-0.1, -0.05) is 0 Å². The molecule has 0 atom stereocenters. The Morgan fingerprint density at radius 2 is 1.74 bits per heavy atom. The monoisotopic (exact) mass is 356 g/mol. The Hall–Kier alpha value is -1.36. The molecule has 0 saturated carbocycles. The first kappa shape index (κ1) is 18.0. The third kappa shape index (κ3) is 3.30. The number of piperidine rings is 1. The number of hydrogen-bond acceptors (Lipinski definition) is 4. The molecule has 2 rings (SSSR count). The van der Waals surface area contributed by atoms with E-state index in [1.165, 1.54) is 4.31 Å². The van der Waals surface area contributed by atoms with Crippen LogP contribution in [0.4, 0.5) is 13.2 Å². The van der Waals surface area contributed by atoms with Gasteiger partial charge in [-0.3, -0.25) is 4.57 Å². The Bertz CT molecular complexity index is 728. The van der Waals surface area contributed by atoms with E-state index in [2.05, 4.69) is 5.10 Å². The summed E-state index contributed by atoms with van der Waals surface area (Å²) in [6.45, 7) is 3.46. The molecule has 0 radical (unpaired) electrons. The summed E-state index contributed by atoms with van der Waals surface area (Å²) in [6, 6.07) is -0.539. The summed E-state index contributed by atoms with van der Waals surface area (Å²) in [5.74, 6) is -1.25. The third-order valence-corrected chi connectivity index (χ3v) is 6.26. The van der Waals surface area contributed by atoms with E-state index in [0.717, 1.165) is 11.7 Å². The van der Waals surface area contributed by atoms with Crippen LogP contribution < -0.4 is 5.69 Å². The lowest BCUT2D eigenvalue weighted by Crippen LogP contribution is -2.43. The lowest BCUT2D eigenvalue weighted by atomic mass is 10.1. The first-order valence-electron chi connectivity index (χ1n) is 7.18. The molecule has 0 aromatic carbocycles. The molecule has 0 N–H and O–H groups in total. The molecular weight excluding hydrogens is 337 g/mol. The van der Waals surface area contributed by atoms with Crippen LogP contribution in [0.15, 0.2) is 4.79 Å². The minimum atomic E-state index is -4.71. The maximum Gasteiger partial charge on any atom is 0.451 e. The van der Waals surface area contributed by atoms with Gasteiger partial charge in [0.15, 0.2) is 0 Å². The van der Waals surface area contributed by atoms with E-state index >= 15 is 0 Å². The number of hydrogen-bond donors (Lipinski definition) is 0. The average molecular weight is 356 g/mol. The molecule has 0 aliphatic carbocycles. The highest BCUT2D eigenvalue weighted by Gasteiger charge is 2.39. The van der Waals surface area contributed by atoms with Crippen LogP contribution in [0.2, 0.25) is 0 Å². The fourth-order valence-corrected chi connectivity index (χ4v) is 3.90. The molecular formula is C12H19F3N4O3S. The van der Waals surface area contributed by atoms with Crippen molar-refractivity contribution >= 4 is 10.0 Å². The van der Waals surface area contributed by atoms with Crippen LogP contribution in [0.5, 0.6) is 0 Å². The standard InChI is InChI=1S/C12H19F3N4O3S/c1-8(2)23(21,22)18-6-4-9(5-7-18)19-11(20)17(3)10(16-19)12(13,14)15/h8-9H,4-7H2,1-3H3. The van der Waals surface area contributed by atoms with Crippen LogP contribution in [0.25, 0.3) is 0 Å². The zero-order valence-electron chi connectivity index (χ0n) is 13.0. The van der Waals surface area contributed by atoms with Crippen molar-refractivity contribution in [2.75, 3.05) is 13.1 Å². The van der Waals surface area contributed by atoms with Crippen molar-refractivity contribution in [3.63, 3.8) is 0 Å². The Morgan fingerprint density at radius 3 is 2.13 bits per heavy atom. The van der Waals surface area contributed by atoms with Crippen LogP contribution in [-0.2, 0) is 23.2 Å². The molecule has 0 bridgehead atoms. The lowest BCUT2D eigenvalue weighted by Gasteiger charge is -2.31. The van der Waals surface area contributed by atoms with E-state index in [1.54, 1.807) is 13.8 Å². The van der Waals surface area contributed by atoms with Crippen molar-refractivity contribution in [3.05, 3.63) is 16.3 Å². The van der Waals surface area contributed by atoms with Gasteiger partial charge in [0.25, 0.3) is 0 Å². The summed E-state index contributed by atoms with van der Waals surface area (Å²) in [5.41, 5.74) is -0.845. The summed E-state index contributed by atoms with van der Waals surface area (Å²) in [4.78, 5) is 12.0. The molecule has 1 fully saturated rings. The van der Waals surface area contributed by atoms with Gasteiger partial charge in [-0.15, -0.1) is 5.10 Å². The van der Waals surface area contributed by atoms with Crippen LogP contribution in [-0.4, -0.2) is 45.4 Å². The van der Waals surface area contributed by atoms with Gasteiger partial charge < -0.3 is 0 Å². The molecule has 132 valence electrons. The van der Waals surface area contributed by atoms with E-state index in [1.807, 2.05) is 0 Å².